The van der Waals surface area contributed by atoms with Gasteiger partial charge < -0.3 is 4.74 Å². The molecule has 1 aliphatic rings. The molecule has 0 aromatic heterocycles. The van der Waals surface area contributed by atoms with Crippen LogP contribution in [0.5, 0.6) is 5.75 Å². The molecule has 24 heavy (non-hydrogen) atoms. The van der Waals surface area contributed by atoms with Crippen LogP contribution in [0, 0.1) is 6.92 Å². The minimum absolute atomic E-state index is 0.0549. The third-order valence-electron chi connectivity index (χ3n) is 4.87. The van der Waals surface area contributed by atoms with Gasteiger partial charge in [-0.05, 0) is 48.9 Å². The number of hydrogen-bond acceptors (Lipinski definition) is 3. The average Bonchev–Trinajstić information content (AvgIpc) is 2.48. The second-order valence-electron chi connectivity index (χ2n) is 7.18. The first-order chi connectivity index (χ1) is 11.3. The second kappa shape index (κ2) is 8.34. The van der Waals surface area contributed by atoms with Gasteiger partial charge in [0.05, 0.1) is 12.0 Å². The zero-order valence-corrected chi connectivity index (χ0v) is 16.2. The molecule has 0 spiro atoms. The molecule has 5 heteroatoms. The molecule has 0 saturated heterocycles. The lowest BCUT2D eigenvalue weighted by Crippen LogP contribution is -2.35. The van der Waals surface area contributed by atoms with Crippen molar-refractivity contribution in [2.45, 2.75) is 82.6 Å². The van der Waals surface area contributed by atoms with Crippen molar-refractivity contribution in [1.82, 2.24) is 4.72 Å². The van der Waals surface area contributed by atoms with Gasteiger partial charge in [0, 0.05) is 6.04 Å². The Morgan fingerprint density at radius 1 is 1.08 bits per heavy atom. The van der Waals surface area contributed by atoms with E-state index in [1.165, 1.54) is 19.3 Å². The molecule has 136 valence electrons. The maximum atomic E-state index is 12.9. The molecule has 0 atom stereocenters. The highest BCUT2D eigenvalue weighted by atomic mass is 32.2. The van der Waals surface area contributed by atoms with E-state index in [9.17, 15) is 8.42 Å². The molecule has 0 amide bonds. The first kappa shape index (κ1) is 19.3. The fraction of sp³-hybridized carbons (Fsp3) is 0.684. The minimum atomic E-state index is -3.51. The summed E-state index contributed by atoms with van der Waals surface area (Å²) in [5, 5.41) is 0. The summed E-state index contributed by atoms with van der Waals surface area (Å²) in [5.41, 5.74) is 1.66. The zero-order valence-electron chi connectivity index (χ0n) is 15.4. The summed E-state index contributed by atoms with van der Waals surface area (Å²) in [6.45, 7) is 5.93. The van der Waals surface area contributed by atoms with Crippen molar-refractivity contribution in [3.63, 3.8) is 0 Å². The van der Waals surface area contributed by atoms with Crippen molar-refractivity contribution in [1.29, 1.82) is 0 Å². The number of hydrogen-bond donors (Lipinski definition) is 1. The van der Waals surface area contributed by atoms with E-state index >= 15 is 0 Å². The van der Waals surface area contributed by atoms with Crippen LogP contribution >= 0.6 is 0 Å². The number of nitrogens with one attached hydrogen (secondary N) is 1. The number of sulfonamides is 1. The summed E-state index contributed by atoms with van der Waals surface area (Å²) in [6.07, 6.45) is 7.76. The van der Waals surface area contributed by atoms with Gasteiger partial charge in [-0.15, -0.1) is 0 Å². The lowest BCUT2D eigenvalue weighted by atomic mass is 9.97. The van der Waals surface area contributed by atoms with E-state index in [4.69, 9.17) is 4.74 Å². The van der Waals surface area contributed by atoms with E-state index < -0.39 is 10.0 Å². The van der Waals surface area contributed by atoms with Gasteiger partial charge in [0.1, 0.15) is 5.75 Å². The molecule has 1 aromatic rings. The number of methoxy groups -OCH3 is 1. The van der Waals surface area contributed by atoms with Gasteiger partial charge in [-0.2, -0.15) is 0 Å². The summed E-state index contributed by atoms with van der Waals surface area (Å²) in [6, 6.07) is 3.67. The molecule has 1 N–H and O–H groups in total. The zero-order chi connectivity index (χ0) is 17.7. The number of ether oxygens (including phenoxy) is 1. The van der Waals surface area contributed by atoms with Gasteiger partial charge in [0.25, 0.3) is 0 Å². The molecule has 1 saturated carbocycles. The van der Waals surface area contributed by atoms with Crippen LogP contribution in [0.1, 0.15) is 75.8 Å². The second-order valence-corrected chi connectivity index (χ2v) is 8.86. The summed E-state index contributed by atoms with van der Waals surface area (Å²) in [4.78, 5) is 0.383. The van der Waals surface area contributed by atoms with Crippen molar-refractivity contribution >= 4 is 10.0 Å². The van der Waals surface area contributed by atoms with Crippen molar-refractivity contribution in [2.24, 2.45) is 0 Å². The SMILES string of the molecule is COc1cc(C)c(S(=O)(=O)NC2CCCCCCC2)cc1C(C)C. The van der Waals surface area contributed by atoms with Gasteiger partial charge in [-0.1, -0.05) is 46.0 Å². The molecule has 2 rings (SSSR count). The van der Waals surface area contributed by atoms with Crippen molar-refractivity contribution in [2.75, 3.05) is 7.11 Å². The number of rotatable bonds is 5. The molecule has 1 aliphatic carbocycles. The lowest BCUT2D eigenvalue weighted by Gasteiger charge is -2.22. The molecule has 0 unspecified atom stereocenters. The van der Waals surface area contributed by atoms with Gasteiger partial charge >= 0.3 is 0 Å². The van der Waals surface area contributed by atoms with Gasteiger partial charge in [0.2, 0.25) is 10.0 Å². The van der Waals surface area contributed by atoms with Crippen molar-refractivity contribution in [3.05, 3.63) is 23.3 Å². The molecule has 0 radical (unpaired) electrons. The highest BCUT2D eigenvalue weighted by Crippen LogP contribution is 2.32. The van der Waals surface area contributed by atoms with Crippen molar-refractivity contribution < 1.29 is 13.2 Å². The van der Waals surface area contributed by atoms with Crippen LogP contribution in [0.15, 0.2) is 17.0 Å². The quantitative estimate of drug-likeness (QED) is 0.847. The van der Waals surface area contributed by atoms with Crippen LogP contribution in [0.2, 0.25) is 0 Å². The fourth-order valence-electron chi connectivity index (χ4n) is 3.45. The third kappa shape index (κ3) is 4.73. The Bertz CT molecular complexity index is 645. The number of aryl methyl sites for hydroxylation is 1. The Morgan fingerprint density at radius 2 is 1.67 bits per heavy atom. The monoisotopic (exact) mass is 353 g/mol. The molecule has 4 nitrogen and oxygen atoms in total. The van der Waals surface area contributed by atoms with Crippen molar-refractivity contribution in [3.8, 4) is 5.75 Å². The molecule has 0 bridgehead atoms. The maximum absolute atomic E-state index is 12.9. The first-order valence-electron chi connectivity index (χ1n) is 9.06. The minimum Gasteiger partial charge on any atom is -0.496 e. The summed E-state index contributed by atoms with van der Waals surface area (Å²) in [5.74, 6) is 0.961. The standard InChI is InChI=1S/C19H31NO3S/c1-14(2)17-13-19(15(3)12-18(17)23-4)24(21,22)20-16-10-8-6-5-7-9-11-16/h12-14,16,20H,5-11H2,1-4H3. The summed E-state index contributed by atoms with van der Waals surface area (Å²) < 4.78 is 34.3. The Balaban J connectivity index is 2.29. The van der Waals surface area contributed by atoms with Crippen LogP contribution in [-0.2, 0) is 10.0 Å². The van der Waals surface area contributed by atoms with E-state index in [2.05, 4.69) is 4.72 Å². The Morgan fingerprint density at radius 3 is 2.21 bits per heavy atom. The number of benzene rings is 1. The Kier molecular flexibility index (Phi) is 6.70. The summed E-state index contributed by atoms with van der Waals surface area (Å²) >= 11 is 0. The van der Waals surface area contributed by atoms with Crippen LogP contribution in [0.4, 0.5) is 0 Å². The maximum Gasteiger partial charge on any atom is 0.241 e. The Hall–Kier alpha value is -1.07. The van der Waals surface area contributed by atoms with E-state index in [0.29, 0.717) is 4.90 Å². The fourth-order valence-corrected chi connectivity index (χ4v) is 5.02. The molecule has 1 aromatic carbocycles. The molecule has 0 heterocycles. The molecular formula is C19H31NO3S. The van der Waals surface area contributed by atoms with Crippen LogP contribution in [-0.4, -0.2) is 21.6 Å². The molecule has 1 fully saturated rings. The van der Waals surface area contributed by atoms with E-state index in [0.717, 1.165) is 42.6 Å². The first-order valence-corrected chi connectivity index (χ1v) is 10.5. The molecule has 0 aliphatic heterocycles. The van der Waals surface area contributed by atoms with E-state index in [1.807, 2.05) is 26.8 Å². The van der Waals surface area contributed by atoms with Crippen LogP contribution in [0.3, 0.4) is 0 Å². The predicted molar refractivity (Wildman–Crippen MR) is 98.2 cm³/mol. The third-order valence-corrected chi connectivity index (χ3v) is 6.53. The Labute approximate surface area is 147 Å². The van der Waals surface area contributed by atoms with Crippen LogP contribution in [0.25, 0.3) is 0 Å². The van der Waals surface area contributed by atoms with Gasteiger partial charge in [-0.3, -0.25) is 0 Å². The predicted octanol–water partition coefficient (Wildman–Crippen LogP) is 4.52. The normalized spacial score (nSPS) is 17.5. The largest absolute Gasteiger partial charge is 0.496 e. The van der Waals surface area contributed by atoms with E-state index in [1.54, 1.807) is 13.2 Å². The molecular weight excluding hydrogens is 322 g/mol. The summed E-state index contributed by atoms with van der Waals surface area (Å²) in [7, 11) is -1.88. The highest BCUT2D eigenvalue weighted by Gasteiger charge is 2.24. The van der Waals surface area contributed by atoms with E-state index in [-0.39, 0.29) is 12.0 Å². The van der Waals surface area contributed by atoms with Gasteiger partial charge in [-0.25, -0.2) is 13.1 Å². The average molecular weight is 354 g/mol. The smallest absolute Gasteiger partial charge is 0.241 e. The van der Waals surface area contributed by atoms with Crippen LogP contribution < -0.4 is 9.46 Å². The highest BCUT2D eigenvalue weighted by molar-refractivity contribution is 7.89. The lowest BCUT2D eigenvalue weighted by molar-refractivity contribution is 0.406. The van der Waals surface area contributed by atoms with Gasteiger partial charge in [0.15, 0.2) is 0 Å². The topological polar surface area (TPSA) is 55.4 Å².